The van der Waals surface area contributed by atoms with E-state index in [-0.39, 0.29) is 5.82 Å². The molecule has 0 heterocycles. The Labute approximate surface area is 102 Å². The molecule has 0 aromatic heterocycles. The maximum Gasteiger partial charge on any atom is 0.127 e. The van der Waals surface area contributed by atoms with E-state index in [0.717, 1.165) is 38.2 Å². The Morgan fingerprint density at radius 3 is 2.65 bits per heavy atom. The smallest absolute Gasteiger partial charge is 0.127 e. The molecule has 2 N–H and O–H groups in total. The summed E-state index contributed by atoms with van der Waals surface area (Å²) >= 11 is 0. The van der Waals surface area contributed by atoms with Gasteiger partial charge in [0.25, 0.3) is 0 Å². The predicted molar refractivity (Wildman–Crippen MR) is 67.5 cm³/mol. The molecule has 0 saturated carbocycles. The van der Waals surface area contributed by atoms with Crippen LogP contribution in [0.25, 0.3) is 0 Å². The Bertz CT molecular complexity index is 307. The van der Waals surface area contributed by atoms with Gasteiger partial charge in [0.1, 0.15) is 5.82 Å². The van der Waals surface area contributed by atoms with E-state index in [1.165, 1.54) is 6.07 Å². The third-order valence-electron chi connectivity index (χ3n) is 2.46. The molecule has 1 aromatic rings. The summed E-state index contributed by atoms with van der Waals surface area (Å²) in [6.07, 6.45) is 1.03. The van der Waals surface area contributed by atoms with Gasteiger partial charge in [-0.05, 0) is 25.6 Å². The van der Waals surface area contributed by atoms with Gasteiger partial charge < -0.3 is 15.4 Å². The quantitative estimate of drug-likeness (QED) is 0.642. The zero-order valence-corrected chi connectivity index (χ0v) is 10.3. The van der Waals surface area contributed by atoms with Crippen LogP contribution in [0.2, 0.25) is 0 Å². The fourth-order valence-electron chi connectivity index (χ4n) is 1.50. The van der Waals surface area contributed by atoms with Gasteiger partial charge in [-0.15, -0.1) is 0 Å². The highest BCUT2D eigenvalue weighted by Crippen LogP contribution is 2.05. The van der Waals surface area contributed by atoms with Crippen molar-refractivity contribution in [3.05, 3.63) is 35.6 Å². The summed E-state index contributed by atoms with van der Waals surface area (Å²) in [4.78, 5) is 0. The highest BCUT2D eigenvalue weighted by atomic mass is 19.1. The molecular formula is C13H21FN2O. The van der Waals surface area contributed by atoms with Crippen molar-refractivity contribution in [2.45, 2.75) is 13.0 Å². The highest BCUT2D eigenvalue weighted by molar-refractivity contribution is 5.16. The van der Waals surface area contributed by atoms with Crippen LogP contribution in [0.4, 0.5) is 4.39 Å². The third-order valence-corrected chi connectivity index (χ3v) is 2.46. The summed E-state index contributed by atoms with van der Waals surface area (Å²) in [7, 11) is 1.69. The molecule has 0 fully saturated rings. The molecule has 4 heteroatoms. The molecule has 0 radical (unpaired) electrons. The van der Waals surface area contributed by atoms with Gasteiger partial charge in [0.15, 0.2) is 0 Å². The number of hydrogen-bond donors (Lipinski definition) is 2. The Kier molecular flexibility index (Phi) is 7.54. The van der Waals surface area contributed by atoms with Crippen LogP contribution in [0, 0.1) is 5.82 Å². The molecule has 0 unspecified atom stereocenters. The van der Waals surface area contributed by atoms with Crippen LogP contribution in [-0.4, -0.2) is 33.4 Å². The zero-order chi connectivity index (χ0) is 12.3. The van der Waals surface area contributed by atoms with E-state index < -0.39 is 0 Å². The van der Waals surface area contributed by atoms with Crippen molar-refractivity contribution in [2.75, 3.05) is 33.4 Å². The van der Waals surface area contributed by atoms with Crippen LogP contribution in [0.5, 0.6) is 0 Å². The van der Waals surface area contributed by atoms with Crippen molar-refractivity contribution in [1.29, 1.82) is 0 Å². The number of rotatable bonds is 9. The molecule has 0 aliphatic rings. The normalized spacial score (nSPS) is 10.7. The maximum absolute atomic E-state index is 13.2. The number of ether oxygens (including phenoxy) is 1. The van der Waals surface area contributed by atoms with E-state index in [0.29, 0.717) is 6.54 Å². The molecule has 0 bridgehead atoms. The second-order valence-electron chi connectivity index (χ2n) is 3.86. The molecule has 1 rings (SSSR count). The first kappa shape index (κ1) is 14.1. The molecular weight excluding hydrogens is 219 g/mol. The summed E-state index contributed by atoms with van der Waals surface area (Å²) in [5, 5.41) is 6.48. The summed E-state index contributed by atoms with van der Waals surface area (Å²) in [6.45, 7) is 4.04. The maximum atomic E-state index is 13.2. The molecule has 96 valence electrons. The number of benzene rings is 1. The highest BCUT2D eigenvalue weighted by Gasteiger charge is 1.98. The summed E-state index contributed by atoms with van der Waals surface area (Å²) < 4.78 is 18.2. The van der Waals surface area contributed by atoms with Gasteiger partial charge in [0, 0.05) is 25.8 Å². The Hall–Kier alpha value is -0.970. The monoisotopic (exact) mass is 240 g/mol. The Morgan fingerprint density at radius 1 is 1.12 bits per heavy atom. The first-order chi connectivity index (χ1) is 8.34. The lowest BCUT2D eigenvalue weighted by Crippen LogP contribution is -2.24. The minimum atomic E-state index is -0.141. The van der Waals surface area contributed by atoms with Crippen LogP contribution >= 0.6 is 0 Å². The molecule has 1 aromatic carbocycles. The lowest BCUT2D eigenvalue weighted by molar-refractivity contribution is 0.199. The van der Waals surface area contributed by atoms with Crippen molar-refractivity contribution >= 4 is 0 Å². The van der Waals surface area contributed by atoms with Gasteiger partial charge >= 0.3 is 0 Å². The lowest BCUT2D eigenvalue weighted by Gasteiger charge is -2.06. The largest absolute Gasteiger partial charge is 0.383 e. The Morgan fingerprint density at radius 2 is 1.88 bits per heavy atom. The van der Waals surface area contributed by atoms with Gasteiger partial charge in [0.2, 0.25) is 0 Å². The standard InChI is InChI=1S/C13H21FN2O/c1-17-10-9-15-7-4-8-16-11-12-5-2-3-6-13(12)14/h2-3,5-6,15-16H,4,7-11H2,1H3. The van der Waals surface area contributed by atoms with Crippen molar-refractivity contribution in [2.24, 2.45) is 0 Å². The topological polar surface area (TPSA) is 33.3 Å². The van der Waals surface area contributed by atoms with E-state index in [9.17, 15) is 4.39 Å². The number of hydrogen-bond acceptors (Lipinski definition) is 3. The van der Waals surface area contributed by atoms with E-state index in [2.05, 4.69) is 10.6 Å². The molecule has 0 saturated heterocycles. The van der Waals surface area contributed by atoms with Crippen LogP contribution in [0.1, 0.15) is 12.0 Å². The van der Waals surface area contributed by atoms with Gasteiger partial charge in [-0.25, -0.2) is 4.39 Å². The predicted octanol–water partition coefficient (Wildman–Crippen LogP) is 1.54. The second-order valence-corrected chi connectivity index (χ2v) is 3.86. The van der Waals surface area contributed by atoms with E-state index in [4.69, 9.17) is 4.74 Å². The number of methoxy groups -OCH3 is 1. The zero-order valence-electron chi connectivity index (χ0n) is 10.3. The van der Waals surface area contributed by atoms with Crippen LogP contribution in [-0.2, 0) is 11.3 Å². The van der Waals surface area contributed by atoms with E-state index in [1.807, 2.05) is 6.07 Å². The number of halogens is 1. The van der Waals surface area contributed by atoms with Gasteiger partial charge in [-0.2, -0.15) is 0 Å². The Balaban J connectivity index is 1.99. The van der Waals surface area contributed by atoms with Gasteiger partial charge in [0.05, 0.1) is 6.61 Å². The first-order valence-electron chi connectivity index (χ1n) is 5.98. The van der Waals surface area contributed by atoms with Crippen molar-refractivity contribution in [1.82, 2.24) is 10.6 Å². The number of nitrogens with one attached hydrogen (secondary N) is 2. The fourth-order valence-corrected chi connectivity index (χ4v) is 1.50. The lowest BCUT2D eigenvalue weighted by atomic mass is 10.2. The molecule has 0 aliphatic heterocycles. The first-order valence-corrected chi connectivity index (χ1v) is 5.98. The summed E-state index contributed by atoms with van der Waals surface area (Å²) in [5.74, 6) is -0.141. The molecule has 0 atom stereocenters. The van der Waals surface area contributed by atoms with Crippen molar-refractivity contribution in [3.63, 3.8) is 0 Å². The van der Waals surface area contributed by atoms with E-state index in [1.54, 1.807) is 19.2 Å². The SMILES string of the molecule is COCCNCCCNCc1ccccc1F. The second kappa shape index (κ2) is 9.10. The van der Waals surface area contributed by atoms with E-state index >= 15 is 0 Å². The van der Waals surface area contributed by atoms with Crippen molar-refractivity contribution in [3.8, 4) is 0 Å². The molecule has 17 heavy (non-hydrogen) atoms. The third kappa shape index (κ3) is 6.36. The minimum Gasteiger partial charge on any atom is -0.383 e. The average molecular weight is 240 g/mol. The van der Waals surface area contributed by atoms with Gasteiger partial charge in [-0.1, -0.05) is 18.2 Å². The molecule has 0 amide bonds. The van der Waals surface area contributed by atoms with Crippen LogP contribution in [0.3, 0.4) is 0 Å². The fraction of sp³-hybridized carbons (Fsp3) is 0.538. The van der Waals surface area contributed by atoms with Crippen LogP contribution in [0.15, 0.2) is 24.3 Å². The van der Waals surface area contributed by atoms with Crippen LogP contribution < -0.4 is 10.6 Å². The molecule has 0 spiro atoms. The minimum absolute atomic E-state index is 0.141. The molecule has 3 nitrogen and oxygen atoms in total. The average Bonchev–Trinajstić information content (AvgIpc) is 2.35. The molecule has 0 aliphatic carbocycles. The summed E-state index contributed by atoms with van der Waals surface area (Å²) in [6, 6.07) is 6.85. The summed E-state index contributed by atoms with van der Waals surface area (Å²) in [5.41, 5.74) is 0.722. The van der Waals surface area contributed by atoms with Crippen molar-refractivity contribution < 1.29 is 9.13 Å². The van der Waals surface area contributed by atoms with Gasteiger partial charge in [-0.3, -0.25) is 0 Å².